The van der Waals surface area contributed by atoms with Gasteiger partial charge >= 0.3 is 0 Å². The first-order valence-electron chi connectivity index (χ1n) is 24.9. The van der Waals surface area contributed by atoms with Crippen LogP contribution in [0.3, 0.4) is 0 Å². The highest BCUT2D eigenvalue weighted by atomic mass is 32.1. The van der Waals surface area contributed by atoms with Crippen molar-refractivity contribution < 1.29 is 0 Å². The van der Waals surface area contributed by atoms with E-state index in [2.05, 4.69) is 182 Å². The van der Waals surface area contributed by atoms with Crippen molar-refractivity contribution in [1.82, 2.24) is 43.2 Å². The van der Waals surface area contributed by atoms with Gasteiger partial charge in [-0.25, -0.2) is 4.98 Å². The quantitative estimate of drug-likeness (QED) is 0.175. The van der Waals surface area contributed by atoms with Crippen LogP contribution in [0.2, 0.25) is 0 Å². The van der Waals surface area contributed by atoms with Gasteiger partial charge in [0.1, 0.15) is 31.0 Å². The molecule has 0 bridgehead atoms. The van der Waals surface area contributed by atoms with Gasteiger partial charge in [-0.1, -0.05) is 84.9 Å². The Kier molecular flexibility index (Phi) is 9.01. The Hall–Kier alpha value is -9.11. The zero-order chi connectivity index (χ0) is 49.6. The average molecular weight is 1050 g/mol. The van der Waals surface area contributed by atoms with E-state index in [4.69, 9.17) is 24.9 Å². The van der Waals surface area contributed by atoms with Gasteiger partial charge < -0.3 is 0 Å². The summed E-state index contributed by atoms with van der Waals surface area (Å²) in [6, 6.07) is 66.2. The molecular weight excluding hydrogens is 1010 g/mol. The van der Waals surface area contributed by atoms with Crippen molar-refractivity contribution in [3.05, 3.63) is 213 Å². The molecule has 76 heavy (non-hydrogen) atoms. The molecule has 5 aromatic carbocycles. The summed E-state index contributed by atoms with van der Waals surface area (Å²) in [4.78, 5) is 29.3. The third-order valence-corrected chi connectivity index (χ3v) is 19.3. The number of benzene rings is 5. The molecule has 356 valence electrons. The summed E-state index contributed by atoms with van der Waals surface area (Å²) in [5.41, 5.74) is 10.8. The molecule has 18 aromatic rings. The van der Waals surface area contributed by atoms with Crippen molar-refractivity contribution in [2.24, 2.45) is 0 Å². The summed E-state index contributed by atoms with van der Waals surface area (Å²) in [6.45, 7) is 0. The molecule has 9 nitrogen and oxygen atoms in total. The molecule has 0 spiro atoms. The maximum atomic E-state index is 5.28. The minimum Gasteiger partial charge on any atom is -0.299 e. The predicted octanol–water partition coefficient (Wildman–Crippen LogP) is 17.6. The van der Waals surface area contributed by atoms with Crippen molar-refractivity contribution in [1.29, 1.82) is 0 Å². The first kappa shape index (κ1) is 42.3. The van der Waals surface area contributed by atoms with Crippen LogP contribution in [0.25, 0.3) is 148 Å². The number of fused-ring (bicyclic) bond motifs is 20. The molecule has 18 rings (SSSR count). The van der Waals surface area contributed by atoms with Crippen molar-refractivity contribution in [3.8, 4) is 23.0 Å². The molecular formula is C63H35N9S4. The number of thiophene rings is 4. The first-order valence-corrected chi connectivity index (χ1v) is 28.2. The van der Waals surface area contributed by atoms with Crippen LogP contribution in [0.1, 0.15) is 0 Å². The molecule has 0 aliphatic heterocycles. The van der Waals surface area contributed by atoms with E-state index in [0.717, 1.165) is 76.8 Å². The van der Waals surface area contributed by atoms with E-state index >= 15 is 0 Å². The zero-order valence-electron chi connectivity index (χ0n) is 39.9. The number of pyridine rings is 5. The van der Waals surface area contributed by atoms with Crippen molar-refractivity contribution in [2.75, 3.05) is 0 Å². The third-order valence-electron chi connectivity index (χ3n) is 14.7. The van der Waals surface area contributed by atoms with Crippen LogP contribution in [0.5, 0.6) is 0 Å². The van der Waals surface area contributed by atoms with Gasteiger partial charge in [0.05, 0.1) is 44.1 Å². The van der Waals surface area contributed by atoms with E-state index in [1.165, 1.54) is 71.6 Å². The molecule has 0 aliphatic rings. The van der Waals surface area contributed by atoms with Crippen LogP contribution in [-0.2, 0) is 0 Å². The normalized spacial score (nSPS) is 12.2. The van der Waals surface area contributed by atoms with Crippen molar-refractivity contribution in [3.63, 3.8) is 0 Å². The monoisotopic (exact) mass is 1050 g/mol. The first-order chi connectivity index (χ1) is 37.7. The van der Waals surface area contributed by atoms with E-state index in [1.54, 1.807) is 22.7 Å². The molecule has 0 aliphatic carbocycles. The van der Waals surface area contributed by atoms with Gasteiger partial charge in [0, 0.05) is 98.1 Å². The summed E-state index contributed by atoms with van der Waals surface area (Å²) >= 11 is 7.23. The summed E-state index contributed by atoms with van der Waals surface area (Å²) in [7, 11) is 0. The lowest BCUT2D eigenvalue weighted by atomic mass is 10.2. The highest BCUT2D eigenvalue weighted by Crippen LogP contribution is 2.46. The SMILES string of the molecule is c1cc(-n2c3cccnc3c3c4ccccc4sc32)cc(-n2c3cccnc3c3c4ccccc4sc32)c1.c1cc(-n2c3cccnc3c3c4ccccc4sc32)nc(-n2c3cccnc3c3c4ccccc4sc32)c1. The zero-order valence-corrected chi connectivity index (χ0v) is 43.1. The fourth-order valence-electron chi connectivity index (χ4n) is 11.6. The second-order valence-electron chi connectivity index (χ2n) is 18.8. The largest absolute Gasteiger partial charge is 0.299 e. The summed E-state index contributed by atoms with van der Waals surface area (Å²) in [6.07, 6.45) is 7.54. The van der Waals surface area contributed by atoms with E-state index in [0.29, 0.717) is 0 Å². The Balaban J connectivity index is 0.000000124. The van der Waals surface area contributed by atoms with Gasteiger partial charge in [-0.2, -0.15) is 0 Å². The van der Waals surface area contributed by atoms with Gasteiger partial charge in [0.15, 0.2) is 0 Å². The molecule has 0 fully saturated rings. The Morgan fingerprint density at radius 1 is 0.276 bits per heavy atom. The van der Waals surface area contributed by atoms with Crippen LogP contribution < -0.4 is 0 Å². The van der Waals surface area contributed by atoms with Crippen LogP contribution in [0.4, 0.5) is 0 Å². The van der Waals surface area contributed by atoms with Gasteiger partial charge in [-0.05, 0) is 103 Å². The van der Waals surface area contributed by atoms with E-state index in [-0.39, 0.29) is 0 Å². The minimum atomic E-state index is 0.877. The van der Waals surface area contributed by atoms with Crippen LogP contribution in [0.15, 0.2) is 213 Å². The lowest BCUT2D eigenvalue weighted by Crippen LogP contribution is -2.02. The van der Waals surface area contributed by atoms with Crippen LogP contribution in [0, 0.1) is 0 Å². The molecule has 0 unspecified atom stereocenters. The van der Waals surface area contributed by atoms with Gasteiger partial charge in [0.25, 0.3) is 0 Å². The summed E-state index contributed by atoms with van der Waals surface area (Å²) in [5.74, 6) is 1.75. The Morgan fingerprint density at radius 3 is 0.934 bits per heavy atom. The molecule has 0 N–H and O–H groups in total. The van der Waals surface area contributed by atoms with Crippen molar-refractivity contribution in [2.45, 2.75) is 0 Å². The molecule has 0 saturated heterocycles. The second kappa shape index (κ2) is 16.2. The lowest BCUT2D eigenvalue weighted by Gasteiger charge is -2.11. The number of nitrogens with zero attached hydrogens (tertiary/aromatic N) is 9. The smallest absolute Gasteiger partial charge is 0.140 e. The summed E-state index contributed by atoms with van der Waals surface area (Å²) in [5, 5.41) is 9.84. The maximum Gasteiger partial charge on any atom is 0.140 e. The van der Waals surface area contributed by atoms with Crippen LogP contribution in [-0.4, -0.2) is 43.2 Å². The van der Waals surface area contributed by atoms with E-state index in [9.17, 15) is 0 Å². The highest BCUT2D eigenvalue weighted by molar-refractivity contribution is 7.27. The molecule has 13 heteroatoms. The highest BCUT2D eigenvalue weighted by Gasteiger charge is 2.24. The molecule has 0 atom stereocenters. The predicted molar refractivity (Wildman–Crippen MR) is 321 cm³/mol. The van der Waals surface area contributed by atoms with E-state index < -0.39 is 0 Å². The topological polar surface area (TPSA) is 84.2 Å². The summed E-state index contributed by atoms with van der Waals surface area (Å²) < 4.78 is 14.3. The van der Waals surface area contributed by atoms with Gasteiger partial charge in [-0.3, -0.25) is 38.2 Å². The molecule has 13 aromatic heterocycles. The minimum absolute atomic E-state index is 0.877. The Bertz CT molecular complexity index is 4740. The molecule has 0 amide bonds. The fourth-order valence-corrected chi connectivity index (χ4v) is 16.5. The van der Waals surface area contributed by atoms with E-state index in [1.807, 2.05) is 71.7 Å². The fraction of sp³-hybridized carbons (Fsp3) is 0. The van der Waals surface area contributed by atoms with Crippen LogP contribution >= 0.6 is 45.3 Å². The second-order valence-corrected chi connectivity index (χ2v) is 22.9. The number of hydrogen-bond donors (Lipinski definition) is 0. The lowest BCUT2D eigenvalue weighted by molar-refractivity contribution is 1.02. The number of aromatic nitrogens is 9. The number of rotatable bonds is 4. The third kappa shape index (κ3) is 5.96. The standard InChI is InChI=1S/C32H18N4S2.C31H17N5S2/c1-3-14-25-21(10-1)27-29-23(12-6-16-33-29)35(31(27)37-25)19-8-5-9-20(18-19)36-24-13-7-17-34-30(24)28-22-11-2-4-15-26(22)38-32(28)36;1-3-12-22-18(8-1)26-28-20(10-6-16-32-28)35(30(26)37-22)24-14-5-15-25(34-24)36-21-11-7-17-33-29(21)27-19-9-2-4-13-23(19)38-31(27)36/h1-18H;1-17H. The van der Waals surface area contributed by atoms with Crippen molar-refractivity contribution >= 4 is 171 Å². The average Bonchev–Trinajstić information content (AvgIpc) is 4.55. The van der Waals surface area contributed by atoms with Gasteiger partial charge in [0.2, 0.25) is 0 Å². The molecule has 13 heterocycles. The Labute approximate surface area is 446 Å². The maximum absolute atomic E-state index is 5.28. The number of hydrogen-bond acceptors (Lipinski definition) is 9. The molecule has 0 radical (unpaired) electrons. The Morgan fingerprint density at radius 2 is 0.579 bits per heavy atom. The van der Waals surface area contributed by atoms with Gasteiger partial charge in [-0.15, -0.1) is 45.3 Å². The molecule has 0 saturated carbocycles.